The van der Waals surface area contributed by atoms with Crippen molar-refractivity contribution in [3.05, 3.63) is 22.8 Å². The van der Waals surface area contributed by atoms with Crippen molar-refractivity contribution in [2.75, 3.05) is 13.6 Å². The van der Waals surface area contributed by atoms with Crippen LogP contribution in [0.3, 0.4) is 0 Å². The van der Waals surface area contributed by atoms with E-state index in [9.17, 15) is 13.2 Å². The van der Waals surface area contributed by atoms with Gasteiger partial charge in [0.1, 0.15) is 6.54 Å². The number of hydrogen-bond donors (Lipinski definition) is 1. The normalized spacial score (nSPS) is 12.9. The first-order valence-electron chi connectivity index (χ1n) is 3.80. The predicted molar refractivity (Wildman–Crippen MR) is 53.6 cm³/mol. The van der Waals surface area contributed by atoms with Crippen molar-refractivity contribution in [3.8, 4) is 0 Å². The molecule has 82 valence electrons. The van der Waals surface area contributed by atoms with Crippen molar-refractivity contribution in [3.63, 3.8) is 0 Å². The van der Waals surface area contributed by atoms with E-state index < -0.39 is 12.7 Å². The van der Waals surface area contributed by atoms with E-state index in [1.807, 2.05) is 0 Å². The summed E-state index contributed by atoms with van der Waals surface area (Å²) in [7, 11) is 1.43. The molecule has 0 bridgehead atoms. The van der Waals surface area contributed by atoms with Gasteiger partial charge in [0, 0.05) is 17.2 Å². The fourth-order valence-electron chi connectivity index (χ4n) is 0.864. The third-order valence-electron chi connectivity index (χ3n) is 1.40. The first-order chi connectivity index (χ1) is 6.26. The molecule has 0 saturated carbocycles. The Morgan fingerprint density at radius 3 is 2.36 bits per heavy atom. The monoisotopic (exact) mass is 272 g/mol. The summed E-state index contributed by atoms with van der Waals surface area (Å²) >= 11 is 3.05. The van der Waals surface area contributed by atoms with Crippen LogP contribution < -0.4 is 5.43 Å². The summed E-state index contributed by atoms with van der Waals surface area (Å²) in [5, 5.41) is 0.992. The molecule has 0 rings (SSSR count). The van der Waals surface area contributed by atoms with Crippen molar-refractivity contribution in [1.82, 2.24) is 10.4 Å². The van der Waals surface area contributed by atoms with E-state index in [1.165, 1.54) is 13.1 Å². The van der Waals surface area contributed by atoms with Crippen molar-refractivity contribution < 1.29 is 13.2 Å². The Balaban J connectivity index is 4.49. The second kappa shape index (κ2) is 5.41. The van der Waals surface area contributed by atoms with Crippen molar-refractivity contribution in [2.45, 2.75) is 13.1 Å². The Hall–Kier alpha value is -0.490. The molecule has 0 aliphatic rings. The molecule has 6 heteroatoms. The molecule has 0 aromatic rings. The number of alkyl halides is 3. The summed E-state index contributed by atoms with van der Waals surface area (Å²) in [6.07, 6.45) is -2.73. The highest BCUT2D eigenvalue weighted by atomic mass is 79.9. The molecule has 1 N–H and O–H groups in total. The Kier molecular flexibility index (Phi) is 5.22. The van der Waals surface area contributed by atoms with Crippen LogP contribution in [0.1, 0.15) is 6.92 Å². The van der Waals surface area contributed by atoms with Crippen LogP contribution in [0.15, 0.2) is 22.8 Å². The second-order valence-corrected chi connectivity index (χ2v) is 3.68. The third-order valence-corrected chi connectivity index (χ3v) is 1.63. The van der Waals surface area contributed by atoms with Crippen LogP contribution in [-0.4, -0.2) is 24.8 Å². The van der Waals surface area contributed by atoms with Gasteiger partial charge in [-0.2, -0.15) is 13.2 Å². The maximum atomic E-state index is 12.0. The number of rotatable bonds is 4. The highest BCUT2D eigenvalue weighted by molar-refractivity contribution is 9.11. The first-order valence-corrected chi connectivity index (χ1v) is 4.60. The molecule has 0 heterocycles. The van der Waals surface area contributed by atoms with Crippen LogP contribution >= 0.6 is 15.9 Å². The minimum atomic E-state index is -4.23. The van der Waals surface area contributed by atoms with E-state index >= 15 is 0 Å². The maximum absolute atomic E-state index is 12.0. The van der Waals surface area contributed by atoms with Crippen molar-refractivity contribution in [2.24, 2.45) is 0 Å². The average Bonchev–Trinajstić information content (AvgIpc) is 1.96. The number of halogens is 4. The van der Waals surface area contributed by atoms with Gasteiger partial charge in [-0.15, -0.1) is 0 Å². The standard InChI is InChI=1S/C8H12BrF3N2/c1-6(9)4-7(2)14(13-3)5-8(10,11)12/h4,13H,1,5H2,2-3H3/b7-4+. The molecule has 14 heavy (non-hydrogen) atoms. The molecule has 0 aliphatic carbocycles. The topological polar surface area (TPSA) is 15.3 Å². The van der Waals surface area contributed by atoms with Gasteiger partial charge in [0.05, 0.1) is 0 Å². The molecule has 0 unspecified atom stereocenters. The molecule has 0 fully saturated rings. The fraction of sp³-hybridized carbons (Fsp3) is 0.500. The molecule has 0 saturated heterocycles. The van der Waals surface area contributed by atoms with Gasteiger partial charge in [0.25, 0.3) is 0 Å². The van der Waals surface area contributed by atoms with Crippen LogP contribution in [0.25, 0.3) is 0 Å². The van der Waals surface area contributed by atoms with Gasteiger partial charge in [-0.1, -0.05) is 22.5 Å². The lowest BCUT2D eigenvalue weighted by Gasteiger charge is -2.25. The van der Waals surface area contributed by atoms with Gasteiger partial charge in [-0.25, -0.2) is 5.43 Å². The van der Waals surface area contributed by atoms with Gasteiger partial charge in [-0.05, 0) is 13.0 Å². The largest absolute Gasteiger partial charge is 0.407 e. The van der Waals surface area contributed by atoms with Crippen LogP contribution in [0.4, 0.5) is 13.2 Å². The van der Waals surface area contributed by atoms with Crippen LogP contribution in [0.5, 0.6) is 0 Å². The summed E-state index contributed by atoms with van der Waals surface area (Å²) in [6.45, 7) is 4.04. The molecule has 0 aromatic carbocycles. The summed E-state index contributed by atoms with van der Waals surface area (Å²) in [4.78, 5) is 0. The molecule has 0 atom stereocenters. The minimum Gasteiger partial charge on any atom is -0.304 e. The van der Waals surface area contributed by atoms with E-state index in [0.717, 1.165) is 5.01 Å². The number of hydrogen-bond acceptors (Lipinski definition) is 2. The van der Waals surface area contributed by atoms with E-state index in [0.29, 0.717) is 10.2 Å². The molecule has 0 radical (unpaired) electrons. The van der Waals surface area contributed by atoms with Crippen LogP contribution in [0.2, 0.25) is 0 Å². The molecule has 0 aliphatic heterocycles. The van der Waals surface area contributed by atoms with Gasteiger partial charge >= 0.3 is 6.18 Å². The van der Waals surface area contributed by atoms with Gasteiger partial charge < -0.3 is 5.01 Å². The summed E-state index contributed by atoms with van der Waals surface area (Å²) in [6, 6.07) is 0. The van der Waals surface area contributed by atoms with E-state index in [1.54, 1.807) is 6.92 Å². The number of allylic oxidation sites excluding steroid dienone is 3. The molecular formula is C8H12BrF3N2. The third kappa shape index (κ3) is 6.04. The van der Waals surface area contributed by atoms with Crippen molar-refractivity contribution >= 4 is 15.9 Å². The smallest absolute Gasteiger partial charge is 0.304 e. The highest BCUT2D eigenvalue weighted by Gasteiger charge is 2.30. The van der Waals surface area contributed by atoms with Crippen LogP contribution in [0, 0.1) is 0 Å². The summed E-state index contributed by atoms with van der Waals surface area (Å²) in [5.74, 6) is 0. The van der Waals surface area contributed by atoms with Crippen LogP contribution in [-0.2, 0) is 0 Å². The van der Waals surface area contributed by atoms with E-state index in [-0.39, 0.29) is 0 Å². The molecule has 0 aromatic heterocycles. The van der Waals surface area contributed by atoms with Gasteiger partial charge in [0.15, 0.2) is 0 Å². The van der Waals surface area contributed by atoms with E-state index in [4.69, 9.17) is 0 Å². The quantitative estimate of drug-likeness (QED) is 0.626. The molecule has 0 spiro atoms. The number of nitrogens with zero attached hydrogens (tertiary/aromatic N) is 1. The van der Waals surface area contributed by atoms with E-state index in [2.05, 4.69) is 27.9 Å². The SMILES string of the molecule is C=C(Br)/C=C(\C)N(CC(F)(F)F)NC. The Bertz CT molecular complexity index is 235. The zero-order valence-corrected chi connectivity index (χ0v) is 9.54. The minimum absolute atomic E-state index is 0.437. The summed E-state index contributed by atoms with van der Waals surface area (Å²) in [5.41, 5.74) is 2.88. The van der Waals surface area contributed by atoms with Gasteiger partial charge in [0.2, 0.25) is 0 Å². The van der Waals surface area contributed by atoms with Gasteiger partial charge in [-0.3, -0.25) is 0 Å². The zero-order chi connectivity index (χ0) is 11.4. The lowest BCUT2D eigenvalue weighted by atomic mass is 10.4. The molecule has 2 nitrogen and oxygen atoms in total. The molecule has 0 amide bonds. The van der Waals surface area contributed by atoms with Crippen molar-refractivity contribution in [1.29, 1.82) is 0 Å². The second-order valence-electron chi connectivity index (χ2n) is 2.66. The lowest BCUT2D eigenvalue weighted by molar-refractivity contribution is -0.146. The average molecular weight is 273 g/mol. The number of hydrazine groups is 1. The first kappa shape index (κ1) is 13.5. The molecular weight excluding hydrogens is 261 g/mol. The Morgan fingerprint density at radius 2 is 2.07 bits per heavy atom. The predicted octanol–water partition coefficient (Wildman–Crippen LogP) is 2.80. The number of nitrogens with one attached hydrogen (secondary N) is 1. The lowest BCUT2D eigenvalue weighted by Crippen LogP contribution is -2.40. The highest BCUT2D eigenvalue weighted by Crippen LogP contribution is 2.18. The Labute approximate surface area is 89.6 Å². The Morgan fingerprint density at radius 1 is 1.57 bits per heavy atom. The zero-order valence-electron chi connectivity index (χ0n) is 7.95. The fourth-order valence-corrected chi connectivity index (χ4v) is 1.20. The summed E-state index contributed by atoms with van der Waals surface area (Å²) < 4.78 is 36.7. The maximum Gasteiger partial charge on any atom is 0.407 e.